The monoisotopic (exact) mass is 365 g/mol. The summed E-state index contributed by atoms with van der Waals surface area (Å²) in [7, 11) is 3.79. The predicted molar refractivity (Wildman–Crippen MR) is 86.4 cm³/mol. The zero-order valence-electron chi connectivity index (χ0n) is 14.1. The highest BCUT2D eigenvalue weighted by molar-refractivity contribution is 6.15. The van der Waals surface area contributed by atoms with Gasteiger partial charge < -0.3 is 19.5 Å². The molecule has 0 spiro atoms. The minimum atomic E-state index is -0.838. The van der Waals surface area contributed by atoms with E-state index >= 15 is 0 Å². The van der Waals surface area contributed by atoms with Crippen molar-refractivity contribution in [3.8, 4) is 11.5 Å². The van der Waals surface area contributed by atoms with Crippen LogP contribution in [-0.2, 0) is 14.3 Å². The van der Waals surface area contributed by atoms with E-state index in [1.165, 1.54) is 20.3 Å². The van der Waals surface area contributed by atoms with Crippen LogP contribution >= 0.6 is 0 Å². The third-order valence-corrected chi connectivity index (χ3v) is 3.51. The van der Waals surface area contributed by atoms with Gasteiger partial charge in [-0.15, -0.1) is 0 Å². The second-order valence-corrected chi connectivity index (χ2v) is 4.98. The van der Waals surface area contributed by atoms with Crippen LogP contribution in [0.5, 0.6) is 11.5 Å². The first kappa shape index (κ1) is 18.7. The predicted octanol–water partition coefficient (Wildman–Crippen LogP) is 0.678. The molecular weight excluding hydrogens is 350 g/mol. The Bertz CT molecular complexity index is 817. The number of benzene rings is 1. The summed E-state index contributed by atoms with van der Waals surface area (Å²) in [6.45, 7) is -0.577. The van der Waals surface area contributed by atoms with Crippen molar-refractivity contribution in [3.63, 3.8) is 0 Å². The summed E-state index contributed by atoms with van der Waals surface area (Å²) in [5.41, 5.74) is -0.575. The molecule has 1 heterocycles. The van der Waals surface area contributed by atoms with Crippen LogP contribution in [0.4, 0.5) is 10.5 Å². The Balaban J connectivity index is 2.46. The van der Waals surface area contributed by atoms with E-state index in [0.29, 0.717) is 4.90 Å². The summed E-state index contributed by atoms with van der Waals surface area (Å²) in [6, 6.07) is 1.60. The third-order valence-electron chi connectivity index (χ3n) is 3.51. The lowest BCUT2D eigenvalue weighted by molar-refractivity contribution is -0.385. The Labute approximate surface area is 147 Å². The number of nitro benzene ring substituents is 1. The van der Waals surface area contributed by atoms with Crippen molar-refractivity contribution in [1.82, 2.24) is 10.2 Å². The first-order valence-electron chi connectivity index (χ1n) is 7.14. The van der Waals surface area contributed by atoms with E-state index in [1.807, 2.05) is 0 Å². The van der Waals surface area contributed by atoms with Gasteiger partial charge in [0.15, 0.2) is 11.5 Å². The van der Waals surface area contributed by atoms with Crippen molar-refractivity contribution in [2.24, 2.45) is 0 Å². The zero-order valence-corrected chi connectivity index (χ0v) is 14.1. The lowest BCUT2D eigenvalue weighted by atomic mass is 10.1. The summed E-state index contributed by atoms with van der Waals surface area (Å²) < 4.78 is 14.5. The van der Waals surface area contributed by atoms with Crippen LogP contribution in [0, 0.1) is 10.1 Å². The Morgan fingerprint density at radius 3 is 2.38 bits per heavy atom. The molecule has 11 nitrogen and oxygen atoms in total. The summed E-state index contributed by atoms with van der Waals surface area (Å²) in [4.78, 5) is 46.7. The van der Waals surface area contributed by atoms with Crippen molar-refractivity contribution in [1.29, 1.82) is 0 Å². The van der Waals surface area contributed by atoms with Gasteiger partial charge in [-0.25, -0.2) is 9.69 Å². The van der Waals surface area contributed by atoms with Crippen LogP contribution in [-0.4, -0.2) is 55.6 Å². The second-order valence-electron chi connectivity index (χ2n) is 4.98. The average Bonchev–Trinajstić information content (AvgIpc) is 2.88. The molecule has 1 fully saturated rings. The molecule has 1 N–H and O–H groups in total. The summed E-state index contributed by atoms with van der Waals surface area (Å²) in [6.07, 6.45) is 1.12. The summed E-state index contributed by atoms with van der Waals surface area (Å²) in [5.74, 6) is -1.26. The molecule has 1 saturated heterocycles. The lowest BCUT2D eigenvalue weighted by Gasteiger charge is -2.09. The molecule has 1 aromatic rings. The molecule has 1 aliphatic heterocycles. The molecule has 0 atom stereocenters. The fourth-order valence-corrected chi connectivity index (χ4v) is 2.22. The van der Waals surface area contributed by atoms with Crippen LogP contribution in [0.2, 0.25) is 0 Å². The van der Waals surface area contributed by atoms with E-state index in [9.17, 15) is 24.5 Å². The van der Waals surface area contributed by atoms with Crippen LogP contribution in [0.25, 0.3) is 6.08 Å². The number of ether oxygens (including phenoxy) is 3. The third kappa shape index (κ3) is 3.55. The van der Waals surface area contributed by atoms with Gasteiger partial charge in [-0.2, -0.15) is 0 Å². The van der Waals surface area contributed by atoms with Gasteiger partial charge in [-0.05, 0) is 12.1 Å². The number of hydrogen-bond acceptors (Lipinski definition) is 8. The van der Waals surface area contributed by atoms with Crippen LogP contribution in [0.15, 0.2) is 17.8 Å². The number of nitrogens with one attached hydrogen (secondary N) is 1. The number of carbonyl (C=O) groups excluding carboxylic acids is 3. The number of imide groups is 1. The SMILES string of the molecule is COC(=O)CN1C(=O)NC(=Cc2cc(OC)c(OC)cc2[N+](=O)[O-])C1=O. The fraction of sp³-hybridized carbons (Fsp3) is 0.267. The highest BCUT2D eigenvalue weighted by Crippen LogP contribution is 2.35. The van der Waals surface area contributed by atoms with Gasteiger partial charge in [0.2, 0.25) is 0 Å². The molecule has 11 heteroatoms. The number of rotatable bonds is 6. The van der Waals surface area contributed by atoms with Crippen molar-refractivity contribution in [2.75, 3.05) is 27.9 Å². The first-order valence-corrected chi connectivity index (χ1v) is 7.14. The van der Waals surface area contributed by atoms with Crippen LogP contribution < -0.4 is 14.8 Å². The Morgan fingerprint density at radius 1 is 1.23 bits per heavy atom. The molecule has 0 aliphatic carbocycles. The van der Waals surface area contributed by atoms with Gasteiger partial charge in [-0.1, -0.05) is 0 Å². The number of nitrogens with zero attached hydrogens (tertiary/aromatic N) is 2. The highest BCUT2D eigenvalue weighted by Gasteiger charge is 2.35. The standard InChI is InChI=1S/C15H15N3O8/c1-24-11-5-8(10(18(22)23)6-12(11)25-2)4-9-14(20)17(15(21)16-9)7-13(19)26-3/h4-6H,7H2,1-3H3,(H,16,21). The average molecular weight is 365 g/mol. The molecule has 0 saturated carbocycles. The Morgan fingerprint density at radius 2 is 1.85 bits per heavy atom. The minimum absolute atomic E-state index is 0.0104. The molecule has 0 radical (unpaired) electrons. The largest absolute Gasteiger partial charge is 0.493 e. The van der Waals surface area contributed by atoms with E-state index < -0.39 is 29.4 Å². The maximum absolute atomic E-state index is 12.3. The quantitative estimate of drug-likeness (QED) is 0.255. The van der Waals surface area contributed by atoms with Gasteiger partial charge in [0.1, 0.15) is 12.2 Å². The van der Waals surface area contributed by atoms with Crippen molar-refractivity contribution >= 4 is 29.7 Å². The van der Waals surface area contributed by atoms with Gasteiger partial charge in [0.05, 0.1) is 37.9 Å². The Hall–Kier alpha value is -3.63. The number of carbonyl (C=O) groups is 3. The van der Waals surface area contributed by atoms with Gasteiger partial charge in [0.25, 0.3) is 11.6 Å². The number of hydrogen-bond donors (Lipinski definition) is 1. The summed E-state index contributed by atoms with van der Waals surface area (Å²) in [5, 5.41) is 13.6. The Kier molecular flexibility index (Phi) is 5.40. The number of esters is 1. The molecule has 0 unspecified atom stereocenters. The van der Waals surface area contributed by atoms with Crippen LogP contribution in [0.1, 0.15) is 5.56 Å². The fourth-order valence-electron chi connectivity index (χ4n) is 2.22. The zero-order chi connectivity index (χ0) is 19.4. The minimum Gasteiger partial charge on any atom is -0.493 e. The topological polar surface area (TPSA) is 137 Å². The van der Waals surface area contributed by atoms with Gasteiger partial charge in [-0.3, -0.25) is 19.7 Å². The second kappa shape index (κ2) is 7.51. The number of urea groups is 1. The molecule has 26 heavy (non-hydrogen) atoms. The molecule has 2 rings (SSSR count). The van der Waals surface area contributed by atoms with Crippen molar-refractivity contribution in [3.05, 3.63) is 33.5 Å². The molecule has 1 aromatic carbocycles. The molecule has 138 valence electrons. The van der Waals surface area contributed by atoms with E-state index in [0.717, 1.165) is 19.3 Å². The molecule has 3 amide bonds. The van der Waals surface area contributed by atoms with E-state index in [2.05, 4.69) is 10.1 Å². The normalized spacial score (nSPS) is 15.0. The first-order chi connectivity index (χ1) is 12.3. The van der Waals surface area contributed by atoms with Gasteiger partial charge >= 0.3 is 12.0 Å². The van der Waals surface area contributed by atoms with Crippen molar-refractivity contribution in [2.45, 2.75) is 0 Å². The van der Waals surface area contributed by atoms with Gasteiger partial charge in [0, 0.05) is 0 Å². The summed E-state index contributed by atoms with van der Waals surface area (Å²) >= 11 is 0. The molecule has 0 aromatic heterocycles. The van der Waals surface area contributed by atoms with E-state index in [1.54, 1.807) is 0 Å². The highest BCUT2D eigenvalue weighted by atomic mass is 16.6. The lowest BCUT2D eigenvalue weighted by Crippen LogP contribution is -2.36. The van der Waals surface area contributed by atoms with E-state index in [4.69, 9.17) is 9.47 Å². The maximum atomic E-state index is 12.3. The molecular formula is C15H15N3O8. The molecule has 1 aliphatic rings. The number of methoxy groups -OCH3 is 3. The van der Waals surface area contributed by atoms with Crippen LogP contribution in [0.3, 0.4) is 0 Å². The van der Waals surface area contributed by atoms with E-state index in [-0.39, 0.29) is 28.4 Å². The number of amides is 3. The maximum Gasteiger partial charge on any atom is 0.329 e. The number of nitro groups is 1. The smallest absolute Gasteiger partial charge is 0.329 e. The van der Waals surface area contributed by atoms with Crippen molar-refractivity contribution < 1.29 is 33.5 Å². The molecule has 0 bridgehead atoms.